The van der Waals surface area contributed by atoms with Gasteiger partial charge in [0.15, 0.2) is 11.5 Å². The van der Waals surface area contributed by atoms with Gasteiger partial charge in [-0.1, -0.05) is 6.42 Å². The lowest BCUT2D eigenvalue weighted by Crippen LogP contribution is -2.33. The van der Waals surface area contributed by atoms with Gasteiger partial charge in [-0.2, -0.15) is 13.2 Å². The van der Waals surface area contributed by atoms with Crippen molar-refractivity contribution in [3.63, 3.8) is 0 Å². The van der Waals surface area contributed by atoms with Crippen molar-refractivity contribution in [3.05, 3.63) is 72.4 Å². The van der Waals surface area contributed by atoms with Gasteiger partial charge in [-0.05, 0) is 74.5 Å². The zero-order valence-corrected chi connectivity index (χ0v) is 25.9. The summed E-state index contributed by atoms with van der Waals surface area (Å²) < 4.78 is 64.1. The lowest BCUT2D eigenvalue weighted by atomic mass is 10.1. The van der Waals surface area contributed by atoms with Crippen molar-refractivity contribution in [3.8, 4) is 28.7 Å². The molecule has 3 amide bonds. The van der Waals surface area contributed by atoms with E-state index in [1.165, 1.54) is 38.8 Å². The van der Waals surface area contributed by atoms with E-state index in [-0.39, 0.29) is 23.7 Å². The third-order valence-corrected chi connectivity index (χ3v) is 8.15. The molecule has 0 N–H and O–H groups in total. The first-order valence-corrected chi connectivity index (χ1v) is 15.1. The second-order valence-corrected chi connectivity index (χ2v) is 11.2. The second kappa shape index (κ2) is 13.4. The quantitative estimate of drug-likeness (QED) is 0.171. The van der Waals surface area contributed by atoms with Crippen LogP contribution in [0.5, 0.6) is 28.7 Å². The molecule has 4 aromatic rings. The molecule has 47 heavy (non-hydrogen) atoms. The molecule has 0 saturated carbocycles. The molecule has 2 aliphatic rings. The molecule has 3 heterocycles. The van der Waals surface area contributed by atoms with Gasteiger partial charge < -0.3 is 18.9 Å². The summed E-state index contributed by atoms with van der Waals surface area (Å²) in [6, 6.07) is 13.8. The molecule has 0 unspecified atom stereocenters. The predicted octanol–water partition coefficient (Wildman–Crippen LogP) is 6.90. The van der Waals surface area contributed by atoms with Crippen LogP contribution in [0, 0.1) is 0 Å². The minimum atomic E-state index is -4.68. The number of amides is 3. The number of hydrogen-bond acceptors (Lipinski definition) is 8. The molecular formula is C34H33F3N4O6. The fraction of sp³-hybridized carbons (Fsp3) is 0.324. The first-order valence-electron chi connectivity index (χ1n) is 15.1. The number of imide groups is 1. The summed E-state index contributed by atoms with van der Waals surface area (Å²) in [7, 11) is 3.06. The number of alkyl halides is 3. The van der Waals surface area contributed by atoms with Gasteiger partial charge in [0, 0.05) is 30.3 Å². The van der Waals surface area contributed by atoms with Crippen molar-refractivity contribution in [2.45, 2.75) is 25.4 Å². The zero-order valence-electron chi connectivity index (χ0n) is 25.9. The van der Waals surface area contributed by atoms with Crippen LogP contribution in [-0.4, -0.2) is 68.8 Å². The van der Waals surface area contributed by atoms with Crippen LogP contribution in [0.2, 0.25) is 0 Å². The number of halogens is 3. The monoisotopic (exact) mass is 650 g/mol. The maximum atomic E-state index is 13.8. The summed E-state index contributed by atoms with van der Waals surface area (Å²) in [4.78, 5) is 35.1. The molecule has 2 fully saturated rings. The van der Waals surface area contributed by atoms with Crippen LogP contribution in [0.15, 0.2) is 66.9 Å². The molecular weight excluding hydrogens is 617 g/mol. The van der Waals surface area contributed by atoms with Crippen LogP contribution in [0.1, 0.15) is 24.8 Å². The third kappa shape index (κ3) is 6.89. The average Bonchev–Trinajstić information content (AvgIpc) is 3.37. The first-order chi connectivity index (χ1) is 22.6. The molecule has 10 nitrogen and oxygen atoms in total. The Morgan fingerprint density at radius 2 is 1.53 bits per heavy atom. The summed E-state index contributed by atoms with van der Waals surface area (Å²) in [5.74, 6) is 1.31. The average molecular weight is 651 g/mol. The highest BCUT2D eigenvalue weighted by atomic mass is 19.4. The fourth-order valence-corrected chi connectivity index (χ4v) is 5.75. The molecule has 6 rings (SSSR count). The van der Waals surface area contributed by atoms with Crippen molar-refractivity contribution >= 4 is 34.2 Å². The van der Waals surface area contributed by atoms with Crippen molar-refractivity contribution < 1.29 is 41.7 Å². The van der Waals surface area contributed by atoms with Crippen molar-refractivity contribution in [1.82, 2.24) is 9.88 Å². The van der Waals surface area contributed by atoms with Gasteiger partial charge in [0.25, 0.3) is 5.91 Å². The summed E-state index contributed by atoms with van der Waals surface area (Å²) in [6.45, 7) is 2.21. The SMILES string of the molecule is COc1cc2nccc(Oc3ccc(N4C(=O)CN(c5cc(OCCN6CCCCC6)cc(C(F)(F)F)c5)C4=O)cc3)c2cc1OC. The topological polar surface area (TPSA) is 93.7 Å². The molecule has 0 radical (unpaired) electrons. The summed E-state index contributed by atoms with van der Waals surface area (Å²) in [6.07, 6.45) is 0.242. The smallest absolute Gasteiger partial charge is 0.416 e. The molecule has 1 aromatic heterocycles. The Hall–Kier alpha value is -5.04. The number of aromatic nitrogens is 1. The summed E-state index contributed by atoms with van der Waals surface area (Å²) in [5.41, 5.74) is -0.186. The second-order valence-electron chi connectivity index (χ2n) is 11.2. The number of likely N-dealkylation sites (tertiary alicyclic amines) is 1. The van der Waals surface area contributed by atoms with E-state index in [9.17, 15) is 22.8 Å². The van der Waals surface area contributed by atoms with Crippen LogP contribution >= 0.6 is 0 Å². The molecule has 0 atom stereocenters. The highest BCUT2D eigenvalue weighted by Gasteiger charge is 2.40. The number of hydrogen-bond donors (Lipinski definition) is 0. The number of methoxy groups -OCH3 is 2. The van der Waals surface area contributed by atoms with E-state index in [1.807, 2.05) is 0 Å². The number of ether oxygens (including phenoxy) is 4. The molecule has 2 aliphatic heterocycles. The van der Waals surface area contributed by atoms with Crippen LogP contribution in [0.25, 0.3) is 10.9 Å². The van der Waals surface area contributed by atoms with E-state index in [1.54, 1.807) is 36.5 Å². The molecule has 0 bridgehead atoms. The number of pyridine rings is 1. The van der Waals surface area contributed by atoms with Crippen LogP contribution < -0.4 is 28.7 Å². The Bertz CT molecular complexity index is 1780. The van der Waals surface area contributed by atoms with Gasteiger partial charge in [-0.3, -0.25) is 19.6 Å². The number of carbonyl (C=O) groups excluding carboxylic acids is 2. The van der Waals surface area contributed by atoms with Gasteiger partial charge in [-0.25, -0.2) is 9.69 Å². The Morgan fingerprint density at radius 1 is 0.809 bits per heavy atom. The van der Waals surface area contributed by atoms with E-state index in [4.69, 9.17) is 18.9 Å². The number of urea groups is 1. The summed E-state index contributed by atoms with van der Waals surface area (Å²) in [5, 5.41) is 0.672. The Balaban J connectivity index is 1.19. The minimum absolute atomic E-state index is 0.0215. The molecule has 2 saturated heterocycles. The maximum absolute atomic E-state index is 13.8. The van der Waals surface area contributed by atoms with Crippen LogP contribution in [-0.2, 0) is 11.0 Å². The standard InChI is InChI=1S/C34H33F3N4O6/c1-44-30-19-27-28(20-31(30)45-2)38-11-10-29(27)47-25-8-6-23(7-9-25)41-32(42)21-40(33(41)43)24-16-22(34(35,36)37)17-26(18-24)46-15-14-39-12-4-3-5-13-39/h6-11,16-20H,3-5,12-15,21H2,1-2H3. The zero-order chi connectivity index (χ0) is 33.1. The van der Waals surface area contributed by atoms with Gasteiger partial charge in [0.05, 0.1) is 36.7 Å². The van der Waals surface area contributed by atoms with E-state index < -0.39 is 30.2 Å². The lowest BCUT2D eigenvalue weighted by Gasteiger charge is -2.26. The largest absolute Gasteiger partial charge is 0.493 e. The minimum Gasteiger partial charge on any atom is -0.493 e. The maximum Gasteiger partial charge on any atom is 0.416 e. The number of rotatable bonds is 10. The van der Waals surface area contributed by atoms with Crippen molar-refractivity contribution in [2.75, 3.05) is 56.8 Å². The van der Waals surface area contributed by atoms with E-state index in [2.05, 4.69) is 9.88 Å². The van der Waals surface area contributed by atoms with Gasteiger partial charge >= 0.3 is 12.2 Å². The van der Waals surface area contributed by atoms with E-state index in [0.717, 1.165) is 47.9 Å². The number of nitrogens with zero attached hydrogens (tertiary/aromatic N) is 4. The Labute approximate surface area is 269 Å². The summed E-state index contributed by atoms with van der Waals surface area (Å²) >= 11 is 0. The third-order valence-electron chi connectivity index (χ3n) is 8.15. The number of carbonyl (C=O) groups is 2. The molecule has 3 aromatic carbocycles. The van der Waals surface area contributed by atoms with E-state index in [0.29, 0.717) is 40.4 Å². The van der Waals surface area contributed by atoms with Crippen molar-refractivity contribution in [1.29, 1.82) is 0 Å². The van der Waals surface area contributed by atoms with E-state index >= 15 is 0 Å². The molecule has 246 valence electrons. The fourth-order valence-electron chi connectivity index (χ4n) is 5.75. The van der Waals surface area contributed by atoms with Crippen LogP contribution in [0.3, 0.4) is 0 Å². The predicted molar refractivity (Wildman–Crippen MR) is 169 cm³/mol. The number of anilines is 2. The first kappa shape index (κ1) is 31.9. The van der Waals surface area contributed by atoms with Gasteiger partial charge in [0.1, 0.15) is 30.4 Å². The van der Waals surface area contributed by atoms with Gasteiger partial charge in [-0.15, -0.1) is 0 Å². The number of benzene rings is 3. The van der Waals surface area contributed by atoms with Crippen LogP contribution in [0.4, 0.5) is 29.3 Å². The number of piperidine rings is 1. The Kier molecular flexibility index (Phi) is 9.08. The Morgan fingerprint density at radius 3 is 2.23 bits per heavy atom. The highest BCUT2D eigenvalue weighted by molar-refractivity contribution is 6.27. The number of fused-ring (bicyclic) bond motifs is 1. The molecule has 0 spiro atoms. The molecule has 13 heteroatoms. The highest BCUT2D eigenvalue weighted by Crippen LogP contribution is 2.39. The van der Waals surface area contributed by atoms with Crippen molar-refractivity contribution in [2.24, 2.45) is 0 Å². The lowest BCUT2D eigenvalue weighted by molar-refractivity contribution is -0.137. The molecule has 0 aliphatic carbocycles. The normalized spacial score (nSPS) is 15.8. The van der Waals surface area contributed by atoms with Gasteiger partial charge in [0.2, 0.25) is 0 Å².